The first kappa shape index (κ1) is 17.3. The highest BCUT2D eigenvalue weighted by Gasteiger charge is 2.09. The third kappa shape index (κ3) is 4.32. The van der Waals surface area contributed by atoms with E-state index in [1.807, 2.05) is 12.1 Å². The topological polar surface area (TPSA) is 86.1 Å². The lowest BCUT2D eigenvalue weighted by Gasteiger charge is -2.07. The zero-order valence-corrected chi connectivity index (χ0v) is 14.3. The highest BCUT2D eigenvalue weighted by Crippen LogP contribution is 2.13. The predicted molar refractivity (Wildman–Crippen MR) is 95.9 cm³/mol. The second-order valence-corrected chi connectivity index (χ2v) is 5.54. The number of anilines is 1. The molecule has 26 heavy (non-hydrogen) atoms. The molecule has 0 aliphatic rings. The first-order chi connectivity index (χ1) is 12.7. The predicted octanol–water partition coefficient (Wildman–Crippen LogP) is 2.76. The Hall–Kier alpha value is -3.48. The van der Waals surface area contributed by atoms with Crippen molar-refractivity contribution >= 4 is 17.6 Å². The van der Waals surface area contributed by atoms with E-state index in [2.05, 4.69) is 15.4 Å². The Kier molecular flexibility index (Phi) is 5.38. The second kappa shape index (κ2) is 8.06. The Bertz CT molecular complexity index is 872. The number of carbonyl (C=O) groups excluding carboxylic acids is 2. The normalized spacial score (nSPS) is 10.3. The molecule has 1 heterocycles. The van der Waals surface area contributed by atoms with E-state index in [0.717, 1.165) is 5.56 Å². The Balaban J connectivity index is 1.61. The van der Waals surface area contributed by atoms with Crippen LogP contribution in [0.4, 0.5) is 5.69 Å². The Morgan fingerprint density at radius 3 is 2.35 bits per heavy atom. The number of benzene rings is 2. The fourth-order valence-electron chi connectivity index (χ4n) is 2.37. The average molecular weight is 350 g/mol. The van der Waals surface area contributed by atoms with Gasteiger partial charge in [-0.05, 0) is 48.9 Å². The first-order valence-corrected chi connectivity index (χ1v) is 8.15. The SMILES string of the molecule is CCOC(=O)c1ccc(NC(=O)c2ccc(Cn3cncn3)cc2)cc1. The summed E-state index contributed by atoms with van der Waals surface area (Å²) >= 11 is 0. The van der Waals surface area contributed by atoms with Crippen LogP contribution < -0.4 is 5.32 Å². The number of hydrogen-bond acceptors (Lipinski definition) is 5. The van der Waals surface area contributed by atoms with E-state index in [0.29, 0.717) is 30.0 Å². The minimum atomic E-state index is -0.381. The minimum absolute atomic E-state index is 0.221. The van der Waals surface area contributed by atoms with E-state index in [9.17, 15) is 9.59 Å². The van der Waals surface area contributed by atoms with Crippen LogP contribution in [-0.2, 0) is 11.3 Å². The number of amides is 1. The molecular weight excluding hydrogens is 332 g/mol. The Morgan fingerprint density at radius 2 is 1.73 bits per heavy atom. The molecule has 2 aromatic carbocycles. The summed E-state index contributed by atoms with van der Waals surface area (Å²) < 4.78 is 6.64. The summed E-state index contributed by atoms with van der Waals surface area (Å²) in [6.07, 6.45) is 3.12. The van der Waals surface area contributed by atoms with Gasteiger partial charge in [-0.15, -0.1) is 0 Å². The van der Waals surface area contributed by atoms with Gasteiger partial charge in [0.2, 0.25) is 0 Å². The maximum absolute atomic E-state index is 12.3. The maximum atomic E-state index is 12.3. The molecule has 0 unspecified atom stereocenters. The van der Waals surface area contributed by atoms with Crippen molar-refractivity contribution in [2.75, 3.05) is 11.9 Å². The molecule has 0 saturated carbocycles. The number of hydrogen-bond donors (Lipinski definition) is 1. The quantitative estimate of drug-likeness (QED) is 0.691. The Morgan fingerprint density at radius 1 is 1.04 bits per heavy atom. The number of ether oxygens (including phenoxy) is 1. The van der Waals surface area contributed by atoms with E-state index < -0.39 is 0 Å². The highest BCUT2D eigenvalue weighted by atomic mass is 16.5. The van der Waals surface area contributed by atoms with Crippen molar-refractivity contribution in [3.05, 3.63) is 77.9 Å². The van der Waals surface area contributed by atoms with Gasteiger partial charge in [-0.25, -0.2) is 14.5 Å². The van der Waals surface area contributed by atoms with Crippen LogP contribution in [0.2, 0.25) is 0 Å². The summed E-state index contributed by atoms with van der Waals surface area (Å²) in [5.74, 6) is -0.602. The van der Waals surface area contributed by atoms with E-state index in [4.69, 9.17) is 4.74 Å². The van der Waals surface area contributed by atoms with Gasteiger partial charge in [-0.1, -0.05) is 12.1 Å². The molecule has 0 radical (unpaired) electrons. The summed E-state index contributed by atoms with van der Waals surface area (Å²) in [7, 11) is 0. The number of nitrogens with one attached hydrogen (secondary N) is 1. The molecule has 3 rings (SSSR count). The van der Waals surface area contributed by atoms with Gasteiger partial charge in [0.1, 0.15) is 12.7 Å². The van der Waals surface area contributed by atoms with Crippen LogP contribution in [0.5, 0.6) is 0 Å². The summed E-state index contributed by atoms with van der Waals surface area (Å²) in [5, 5.41) is 6.85. The molecule has 7 heteroatoms. The molecule has 3 aromatic rings. The van der Waals surface area contributed by atoms with Gasteiger partial charge in [-0.3, -0.25) is 4.79 Å². The van der Waals surface area contributed by atoms with E-state index in [-0.39, 0.29) is 11.9 Å². The van der Waals surface area contributed by atoms with Gasteiger partial charge in [-0.2, -0.15) is 5.10 Å². The van der Waals surface area contributed by atoms with Crippen molar-refractivity contribution in [1.82, 2.24) is 14.8 Å². The van der Waals surface area contributed by atoms with Crippen LogP contribution in [0, 0.1) is 0 Å². The van der Waals surface area contributed by atoms with Crippen LogP contribution >= 0.6 is 0 Å². The van der Waals surface area contributed by atoms with E-state index in [1.165, 1.54) is 6.33 Å². The molecule has 1 aromatic heterocycles. The average Bonchev–Trinajstić information content (AvgIpc) is 3.16. The lowest BCUT2D eigenvalue weighted by atomic mass is 10.1. The number of aromatic nitrogens is 3. The summed E-state index contributed by atoms with van der Waals surface area (Å²) in [4.78, 5) is 27.9. The molecule has 0 aliphatic carbocycles. The fraction of sp³-hybridized carbons (Fsp3) is 0.158. The third-order valence-electron chi connectivity index (χ3n) is 3.68. The van der Waals surface area contributed by atoms with Crippen LogP contribution in [0.1, 0.15) is 33.2 Å². The lowest BCUT2D eigenvalue weighted by molar-refractivity contribution is 0.0526. The van der Waals surface area contributed by atoms with Crippen LogP contribution in [0.3, 0.4) is 0 Å². The first-order valence-electron chi connectivity index (χ1n) is 8.15. The van der Waals surface area contributed by atoms with Crippen LogP contribution in [0.15, 0.2) is 61.2 Å². The fourth-order valence-corrected chi connectivity index (χ4v) is 2.37. The smallest absolute Gasteiger partial charge is 0.338 e. The molecule has 0 spiro atoms. The lowest BCUT2D eigenvalue weighted by Crippen LogP contribution is -2.12. The number of rotatable bonds is 6. The monoisotopic (exact) mass is 350 g/mol. The van der Waals surface area contributed by atoms with E-state index in [1.54, 1.807) is 54.3 Å². The van der Waals surface area contributed by atoms with Crippen molar-refractivity contribution in [1.29, 1.82) is 0 Å². The molecule has 0 fully saturated rings. The summed E-state index contributed by atoms with van der Waals surface area (Å²) in [6, 6.07) is 13.8. The molecule has 0 saturated heterocycles. The van der Waals surface area contributed by atoms with Crippen LogP contribution in [-0.4, -0.2) is 33.2 Å². The minimum Gasteiger partial charge on any atom is -0.462 e. The largest absolute Gasteiger partial charge is 0.462 e. The molecular formula is C19H18N4O3. The standard InChI is InChI=1S/C19H18N4O3/c1-2-26-19(25)16-7-9-17(10-8-16)22-18(24)15-5-3-14(4-6-15)11-23-13-20-12-21-23/h3-10,12-13H,2,11H2,1H3,(H,22,24). The zero-order chi connectivity index (χ0) is 18.4. The highest BCUT2D eigenvalue weighted by molar-refractivity contribution is 6.04. The van der Waals surface area contributed by atoms with Gasteiger partial charge in [0.05, 0.1) is 18.7 Å². The third-order valence-corrected chi connectivity index (χ3v) is 3.68. The second-order valence-electron chi connectivity index (χ2n) is 5.54. The molecule has 0 bridgehead atoms. The molecule has 1 N–H and O–H groups in total. The summed E-state index contributed by atoms with van der Waals surface area (Å²) in [6.45, 7) is 2.67. The number of nitrogens with zero attached hydrogens (tertiary/aromatic N) is 3. The van der Waals surface area contributed by atoms with Gasteiger partial charge < -0.3 is 10.1 Å². The van der Waals surface area contributed by atoms with Crippen molar-refractivity contribution in [2.45, 2.75) is 13.5 Å². The summed E-state index contributed by atoms with van der Waals surface area (Å²) in [5.41, 5.74) is 2.62. The molecule has 0 atom stereocenters. The van der Waals surface area contributed by atoms with Crippen molar-refractivity contribution in [3.8, 4) is 0 Å². The van der Waals surface area contributed by atoms with Crippen LogP contribution in [0.25, 0.3) is 0 Å². The van der Waals surface area contributed by atoms with Gasteiger partial charge in [0.15, 0.2) is 0 Å². The molecule has 132 valence electrons. The number of carbonyl (C=O) groups is 2. The molecule has 0 aliphatic heterocycles. The van der Waals surface area contributed by atoms with E-state index >= 15 is 0 Å². The Labute approximate surface area is 150 Å². The van der Waals surface area contributed by atoms with Gasteiger partial charge in [0.25, 0.3) is 5.91 Å². The van der Waals surface area contributed by atoms with Gasteiger partial charge >= 0.3 is 5.97 Å². The van der Waals surface area contributed by atoms with Crippen molar-refractivity contribution in [3.63, 3.8) is 0 Å². The zero-order valence-electron chi connectivity index (χ0n) is 14.3. The maximum Gasteiger partial charge on any atom is 0.338 e. The number of esters is 1. The van der Waals surface area contributed by atoms with Gasteiger partial charge in [0, 0.05) is 11.3 Å². The van der Waals surface area contributed by atoms with Crippen molar-refractivity contribution < 1.29 is 14.3 Å². The molecule has 1 amide bonds. The molecule has 7 nitrogen and oxygen atoms in total. The van der Waals surface area contributed by atoms with Crippen molar-refractivity contribution in [2.24, 2.45) is 0 Å².